The van der Waals surface area contributed by atoms with Gasteiger partial charge in [0.25, 0.3) is 10.0 Å². The van der Waals surface area contributed by atoms with Crippen LogP contribution in [0.5, 0.6) is 5.75 Å². The Morgan fingerprint density at radius 1 is 0.967 bits per heavy atom. The van der Waals surface area contributed by atoms with Crippen LogP contribution < -0.4 is 14.4 Å². The summed E-state index contributed by atoms with van der Waals surface area (Å²) in [6.45, 7) is 13.5. The highest BCUT2D eigenvalue weighted by molar-refractivity contribution is 7.92. The molecule has 0 aromatic heterocycles. The molecule has 0 spiro atoms. The SMILES string of the molecule is Cc1c(C)c(C)c(S(=O)(=O)Nc2ccc3c(c2)N(C)C(=O)C(C)(C)CO3)c(C)c1C. The minimum atomic E-state index is -3.82. The van der Waals surface area contributed by atoms with Crippen LogP contribution in [0.2, 0.25) is 0 Å². The van der Waals surface area contributed by atoms with E-state index < -0.39 is 15.4 Å². The van der Waals surface area contributed by atoms with Crippen LogP contribution in [0.4, 0.5) is 11.4 Å². The number of carbonyl (C=O) groups excluding carboxylic acids is 1. The predicted molar refractivity (Wildman–Crippen MR) is 120 cm³/mol. The molecule has 0 saturated heterocycles. The molecule has 2 aromatic rings. The average Bonchev–Trinajstić information content (AvgIpc) is 2.75. The maximum atomic E-state index is 13.3. The molecule has 0 saturated carbocycles. The Labute approximate surface area is 179 Å². The second kappa shape index (κ2) is 7.30. The van der Waals surface area contributed by atoms with Crippen molar-refractivity contribution in [3.8, 4) is 5.75 Å². The third kappa shape index (κ3) is 3.55. The zero-order valence-corrected chi connectivity index (χ0v) is 19.7. The molecule has 0 radical (unpaired) electrons. The largest absolute Gasteiger partial charge is 0.490 e. The Morgan fingerprint density at radius 2 is 1.50 bits per heavy atom. The molecular formula is C23H30N2O4S. The van der Waals surface area contributed by atoms with Gasteiger partial charge in [0.15, 0.2) is 0 Å². The van der Waals surface area contributed by atoms with Crippen LogP contribution in [0.1, 0.15) is 41.7 Å². The molecule has 1 heterocycles. The van der Waals surface area contributed by atoms with Gasteiger partial charge < -0.3 is 9.64 Å². The summed E-state index contributed by atoms with van der Waals surface area (Å²) in [4.78, 5) is 14.6. The summed E-state index contributed by atoms with van der Waals surface area (Å²) in [7, 11) is -2.14. The van der Waals surface area contributed by atoms with Gasteiger partial charge in [-0.1, -0.05) is 0 Å². The normalized spacial score (nSPS) is 16.0. The predicted octanol–water partition coefficient (Wildman–Crippen LogP) is 4.41. The minimum absolute atomic E-state index is 0.0854. The number of hydrogen-bond acceptors (Lipinski definition) is 4. The fourth-order valence-electron chi connectivity index (χ4n) is 3.92. The Kier molecular flexibility index (Phi) is 5.39. The minimum Gasteiger partial charge on any atom is -0.490 e. The Hall–Kier alpha value is -2.54. The number of nitrogens with one attached hydrogen (secondary N) is 1. The molecule has 1 aliphatic heterocycles. The summed E-state index contributed by atoms with van der Waals surface area (Å²) in [5.41, 5.74) is 4.79. The van der Waals surface area contributed by atoms with E-state index in [1.54, 1.807) is 25.2 Å². The lowest BCUT2D eigenvalue weighted by molar-refractivity contribution is -0.127. The molecule has 162 valence electrons. The fraction of sp³-hybridized carbons (Fsp3) is 0.435. The Balaban J connectivity index is 2.05. The van der Waals surface area contributed by atoms with Crippen molar-refractivity contribution in [1.82, 2.24) is 0 Å². The molecule has 0 bridgehead atoms. The number of fused-ring (bicyclic) bond motifs is 1. The van der Waals surface area contributed by atoms with Gasteiger partial charge in [-0.2, -0.15) is 0 Å². The highest BCUT2D eigenvalue weighted by Crippen LogP contribution is 2.38. The van der Waals surface area contributed by atoms with E-state index in [1.165, 1.54) is 4.90 Å². The Bertz CT molecular complexity index is 1120. The molecule has 1 N–H and O–H groups in total. The van der Waals surface area contributed by atoms with Crippen molar-refractivity contribution in [2.24, 2.45) is 5.41 Å². The summed E-state index contributed by atoms with van der Waals surface area (Å²) in [5, 5.41) is 0. The van der Waals surface area contributed by atoms with Crippen molar-refractivity contribution < 1.29 is 17.9 Å². The maximum absolute atomic E-state index is 13.3. The van der Waals surface area contributed by atoms with Gasteiger partial charge in [-0.15, -0.1) is 0 Å². The number of nitrogens with zero attached hydrogens (tertiary/aromatic N) is 1. The van der Waals surface area contributed by atoms with Crippen molar-refractivity contribution in [1.29, 1.82) is 0 Å². The molecule has 7 heteroatoms. The van der Waals surface area contributed by atoms with Crippen molar-refractivity contribution in [3.63, 3.8) is 0 Å². The van der Waals surface area contributed by atoms with Crippen molar-refractivity contribution in [2.45, 2.75) is 53.4 Å². The lowest BCUT2D eigenvalue weighted by atomic mass is 9.93. The quantitative estimate of drug-likeness (QED) is 0.783. The maximum Gasteiger partial charge on any atom is 0.262 e. The summed E-state index contributed by atoms with van der Waals surface area (Å²) in [6, 6.07) is 5.00. The van der Waals surface area contributed by atoms with Crippen LogP contribution in [0.3, 0.4) is 0 Å². The molecule has 2 aromatic carbocycles. The average molecular weight is 431 g/mol. The zero-order chi connectivity index (χ0) is 22.6. The molecule has 0 aliphatic carbocycles. The number of anilines is 2. The first-order valence-corrected chi connectivity index (χ1v) is 11.4. The summed E-state index contributed by atoms with van der Waals surface area (Å²) in [5.74, 6) is 0.464. The van der Waals surface area contributed by atoms with Gasteiger partial charge >= 0.3 is 0 Å². The summed E-state index contributed by atoms with van der Waals surface area (Å²) < 4.78 is 35.2. The van der Waals surface area contributed by atoms with E-state index in [2.05, 4.69) is 4.72 Å². The number of sulfonamides is 1. The van der Waals surface area contributed by atoms with Crippen LogP contribution >= 0.6 is 0 Å². The molecule has 1 aliphatic rings. The number of amides is 1. The van der Waals surface area contributed by atoms with E-state index in [-0.39, 0.29) is 12.5 Å². The van der Waals surface area contributed by atoms with E-state index >= 15 is 0 Å². The molecular weight excluding hydrogens is 400 g/mol. The smallest absolute Gasteiger partial charge is 0.262 e. The van der Waals surface area contributed by atoms with Crippen LogP contribution in [-0.4, -0.2) is 28.0 Å². The van der Waals surface area contributed by atoms with E-state index in [0.29, 0.717) is 22.0 Å². The number of hydrogen-bond donors (Lipinski definition) is 1. The first-order chi connectivity index (χ1) is 13.8. The van der Waals surface area contributed by atoms with E-state index in [9.17, 15) is 13.2 Å². The Morgan fingerprint density at radius 3 is 2.07 bits per heavy atom. The molecule has 1 amide bonds. The van der Waals surface area contributed by atoms with Crippen LogP contribution in [0.15, 0.2) is 23.1 Å². The highest BCUT2D eigenvalue weighted by Gasteiger charge is 2.36. The molecule has 0 atom stereocenters. The van der Waals surface area contributed by atoms with E-state index in [0.717, 1.165) is 27.8 Å². The van der Waals surface area contributed by atoms with Crippen molar-refractivity contribution >= 4 is 27.3 Å². The first-order valence-electron chi connectivity index (χ1n) is 9.92. The second-order valence-electron chi connectivity index (χ2n) is 8.78. The number of rotatable bonds is 3. The van der Waals surface area contributed by atoms with Gasteiger partial charge in [0, 0.05) is 7.05 Å². The number of ether oxygens (including phenoxy) is 1. The molecule has 0 fully saturated rings. The first kappa shape index (κ1) is 22.2. The topological polar surface area (TPSA) is 75.7 Å². The van der Waals surface area contributed by atoms with E-state index in [1.807, 2.05) is 48.5 Å². The third-order valence-corrected chi connectivity index (χ3v) is 7.90. The number of carbonyl (C=O) groups is 1. The summed E-state index contributed by atoms with van der Waals surface area (Å²) in [6.07, 6.45) is 0. The highest BCUT2D eigenvalue weighted by atomic mass is 32.2. The van der Waals surface area contributed by atoms with Gasteiger partial charge in [-0.3, -0.25) is 9.52 Å². The fourth-order valence-corrected chi connectivity index (χ4v) is 5.57. The van der Waals surface area contributed by atoms with Crippen LogP contribution in [-0.2, 0) is 14.8 Å². The van der Waals surface area contributed by atoms with E-state index in [4.69, 9.17) is 4.74 Å². The molecule has 30 heavy (non-hydrogen) atoms. The van der Waals surface area contributed by atoms with Gasteiger partial charge in [0.2, 0.25) is 5.91 Å². The zero-order valence-electron chi connectivity index (χ0n) is 18.9. The van der Waals surface area contributed by atoms with Gasteiger partial charge in [-0.05, 0) is 94.5 Å². The lowest BCUT2D eigenvalue weighted by Crippen LogP contribution is -2.39. The van der Waals surface area contributed by atoms with Crippen molar-refractivity contribution in [3.05, 3.63) is 46.0 Å². The molecule has 0 unspecified atom stereocenters. The lowest BCUT2D eigenvalue weighted by Gasteiger charge is -2.24. The van der Waals surface area contributed by atoms with Gasteiger partial charge in [0.05, 0.1) is 21.7 Å². The van der Waals surface area contributed by atoms with Crippen molar-refractivity contribution in [2.75, 3.05) is 23.3 Å². The molecule has 6 nitrogen and oxygen atoms in total. The van der Waals surface area contributed by atoms with Gasteiger partial charge in [-0.25, -0.2) is 8.42 Å². The monoisotopic (exact) mass is 430 g/mol. The molecule has 3 rings (SSSR count). The second-order valence-corrected chi connectivity index (χ2v) is 10.4. The van der Waals surface area contributed by atoms with Crippen LogP contribution in [0, 0.1) is 40.0 Å². The summed E-state index contributed by atoms with van der Waals surface area (Å²) >= 11 is 0. The standard InChI is InChI=1S/C23H30N2O4S/c1-13-14(2)16(4)21(17(5)15(13)3)30(27,28)24-18-9-10-20-19(11-18)25(8)22(26)23(6,7)12-29-20/h9-11,24H,12H2,1-8H3. The number of benzene rings is 2. The van der Waals surface area contributed by atoms with Crippen LogP contribution in [0.25, 0.3) is 0 Å². The third-order valence-electron chi connectivity index (χ3n) is 6.24. The van der Waals surface area contributed by atoms with Gasteiger partial charge in [0.1, 0.15) is 12.4 Å².